The molecule has 32 heavy (non-hydrogen) atoms. The number of aryl methyl sites for hydroxylation is 1. The molecule has 7 nitrogen and oxygen atoms in total. The molecule has 1 aliphatic carbocycles. The molecule has 6 rings (SSSR count). The van der Waals surface area contributed by atoms with E-state index in [-0.39, 0.29) is 0 Å². The van der Waals surface area contributed by atoms with Crippen molar-refractivity contribution >= 4 is 16.7 Å². The molecule has 1 fully saturated rings. The number of imidazole rings is 1. The van der Waals surface area contributed by atoms with E-state index in [0.717, 1.165) is 50.8 Å². The van der Waals surface area contributed by atoms with Gasteiger partial charge >= 0.3 is 0 Å². The lowest BCUT2D eigenvalue weighted by Gasteiger charge is -2.30. The van der Waals surface area contributed by atoms with Gasteiger partial charge in [-0.3, -0.25) is 0 Å². The molecule has 7 heteroatoms. The Morgan fingerprint density at radius 1 is 1.00 bits per heavy atom. The van der Waals surface area contributed by atoms with Crippen molar-refractivity contribution in [3.63, 3.8) is 0 Å². The lowest BCUT2D eigenvalue weighted by Crippen LogP contribution is -2.22. The number of nitrogens with one attached hydrogen (secondary N) is 2. The van der Waals surface area contributed by atoms with Gasteiger partial charge in [-0.25, -0.2) is 10.1 Å². The van der Waals surface area contributed by atoms with Crippen molar-refractivity contribution < 1.29 is 0 Å². The first-order valence-electron chi connectivity index (χ1n) is 11.8. The first-order chi connectivity index (χ1) is 15.8. The van der Waals surface area contributed by atoms with Crippen LogP contribution in [0.25, 0.3) is 11.0 Å². The van der Waals surface area contributed by atoms with Crippen molar-refractivity contribution in [1.82, 2.24) is 30.2 Å². The predicted octanol–water partition coefficient (Wildman–Crippen LogP) is 4.79. The minimum atomic E-state index is 0.423. The summed E-state index contributed by atoms with van der Waals surface area (Å²) in [4.78, 5) is 5.27. The van der Waals surface area contributed by atoms with Crippen molar-refractivity contribution in [3.05, 3.63) is 65.2 Å². The van der Waals surface area contributed by atoms with E-state index in [4.69, 9.17) is 4.98 Å². The summed E-state index contributed by atoms with van der Waals surface area (Å²) in [6, 6.07) is 16.3. The Kier molecular flexibility index (Phi) is 4.89. The first kappa shape index (κ1) is 19.5. The summed E-state index contributed by atoms with van der Waals surface area (Å²) in [5.41, 5.74) is 6.43. The lowest BCUT2D eigenvalue weighted by molar-refractivity contribution is 0.317. The Morgan fingerprint density at radius 3 is 2.62 bits per heavy atom. The fourth-order valence-corrected chi connectivity index (χ4v) is 5.61. The topological polar surface area (TPSA) is 84.3 Å². The number of benzene rings is 2. The molecule has 4 aromatic rings. The number of aromatic nitrogens is 6. The Labute approximate surface area is 187 Å². The Balaban J connectivity index is 1.39. The molecule has 1 aliphatic heterocycles. The van der Waals surface area contributed by atoms with Gasteiger partial charge in [0.15, 0.2) is 5.82 Å². The monoisotopic (exact) mass is 427 g/mol. The van der Waals surface area contributed by atoms with Gasteiger partial charge in [-0.15, -0.1) is 5.10 Å². The maximum Gasteiger partial charge on any atom is 0.151 e. The molecule has 1 saturated carbocycles. The Bertz CT molecular complexity index is 1200. The van der Waals surface area contributed by atoms with Crippen LogP contribution >= 0.6 is 0 Å². The van der Waals surface area contributed by atoms with Crippen LogP contribution in [0.15, 0.2) is 42.5 Å². The summed E-state index contributed by atoms with van der Waals surface area (Å²) in [6.07, 6.45) is 7.53. The van der Waals surface area contributed by atoms with E-state index < -0.39 is 0 Å². The van der Waals surface area contributed by atoms with Crippen LogP contribution in [0.4, 0.5) is 5.69 Å². The van der Waals surface area contributed by atoms with Gasteiger partial charge in [-0.1, -0.05) is 30.3 Å². The molecule has 0 radical (unpaired) electrons. The van der Waals surface area contributed by atoms with Gasteiger partial charge in [0.1, 0.15) is 5.82 Å². The Morgan fingerprint density at radius 2 is 1.84 bits per heavy atom. The summed E-state index contributed by atoms with van der Waals surface area (Å²) >= 11 is 0. The molecule has 0 spiro atoms. The zero-order valence-corrected chi connectivity index (χ0v) is 18.5. The molecule has 3 heterocycles. The van der Waals surface area contributed by atoms with Crippen LogP contribution in [0.1, 0.15) is 73.8 Å². The van der Waals surface area contributed by atoms with Crippen molar-refractivity contribution in [2.75, 3.05) is 5.32 Å². The van der Waals surface area contributed by atoms with Gasteiger partial charge in [-0.05, 0) is 73.6 Å². The summed E-state index contributed by atoms with van der Waals surface area (Å²) in [6.45, 7) is 2.26. The number of rotatable bonds is 4. The van der Waals surface area contributed by atoms with Crippen LogP contribution < -0.4 is 5.32 Å². The molecule has 0 amide bonds. The van der Waals surface area contributed by atoms with Gasteiger partial charge < -0.3 is 9.88 Å². The number of hydrogen-bond donors (Lipinski definition) is 2. The van der Waals surface area contributed by atoms with Gasteiger partial charge in [0, 0.05) is 35.7 Å². The zero-order valence-electron chi connectivity index (χ0n) is 18.5. The maximum atomic E-state index is 5.27. The number of nitrogens with zero attached hydrogens (tertiary/aromatic N) is 5. The van der Waals surface area contributed by atoms with Crippen molar-refractivity contribution in [2.45, 2.75) is 69.9 Å². The second-order valence-electron chi connectivity index (χ2n) is 9.40. The van der Waals surface area contributed by atoms with Gasteiger partial charge in [0.25, 0.3) is 0 Å². The summed E-state index contributed by atoms with van der Waals surface area (Å²) in [7, 11) is 0. The van der Waals surface area contributed by atoms with Crippen molar-refractivity contribution in [1.29, 1.82) is 0 Å². The fraction of sp³-hybridized carbons (Fsp3) is 0.440. The average Bonchev–Trinajstić information content (AvgIpc) is 3.48. The third-order valence-electron chi connectivity index (χ3n) is 7.28. The number of anilines is 1. The molecule has 2 N–H and O–H groups in total. The third kappa shape index (κ3) is 3.45. The zero-order chi connectivity index (χ0) is 21.5. The van der Waals surface area contributed by atoms with Crippen LogP contribution in [-0.2, 0) is 12.8 Å². The molecular formula is C25H29N7. The molecule has 2 aliphatic rings. The lowest BCUT2D eigenvalue weighted by atomic mass is 9.85. The second kappa shape index (κ2) is 8.04. The largest absolute Gasteiger partial charge is 0.382 e. The highest BCUT2D eigenvalue weighted by Crippen LogP contribution is 2.40. The molecular weight excluding hydrogens is 398 g/mol. The first-order valence-corrected chi connectivity index (χ1v) is 11.8. The minimum absolute atomic E-state index is 0.423. The Hall–Kier alpha value is -3.22. The SMILES string of the molecule is C[C@H]1CCc2c(ccc3c2nc(Cc2ccccc2)n3[C@H]2CC[C@@H](c3nnn[nH]3)CC2)N1. The normalized spacial score (nSPS) is 23.1. The average molecular weight is 428 g/mol. The van der Waals surface area contributed by atoms with E-state index in [1.807, 2.05) is 0 Å². The van der Waals surface area contributed by atoms with Gasteiger partial charge in [0.05, 0.1) is 11.0 Å². The van der Waals surface area contributed by atoms with Crippen LogP contribution in [0.3, 0.4) is 0 Å². The summed E-state index contributed by atoms with van der Waals surface area (Å²) < 4.78 is 2.55. The molecule has 164 valence electrons. The molecule has 2 aromatic heterocycles. The second-order valence-corrected chi connectivity index (χ2v) is 9.40. The summed E-state index contributed by atoms with van der Waals surface area (Å²) in [5.74, 6) is 2.53. The van der Waals surface area contributed by atoms with Crippen molar-refractivity contribution in [2.24, 2.45) is 0 Å². The van der Waals surface area contributed by atoms with Gasteiger partial charge in [-0.2, -0.15) is 0 Å². The van der Waals surface area contributed by atoms with E-state index in [0.29, 0.717) is 18.0 Å². The van der Waals surface area contributed by atoms with Crippen molar-refractivity contribution in [3.8, 4) is 0 Å². The van der Waals surface area contributed by atoms with E-state index in [9.17, 15) is 0 Å². The highest BCUT2D eigenvalue weighted by atomic mass is 15.5. The number of tetrazole rings is 1. The summed E-state index contributed by atoms with van der Waals surface area (Å²) in [5, 5.41) is 18.3. The molecule has 0 bridgehead atoms. The maximum absolute atomic E-state index is 5.27. The number of aromatic amines is 1. The minimum Gasteiger partial charge on any atom is -0.382 e. The standard InChI is InChI=1S/C25H29N7/c1-16-7-12-20-21(26-16)13-14-22-24(20)27-23(15-17-5-3-2-4-6-17)32(22)19-10-8-18(9-11-19)25-28-30-31-29-25/h2-6,13-14,16,18-19,26H,7-12,15H2,1H3,(H,28,29,30,31)/t16-,18-,19+/m0/s1. The van der Waals surface area contributed by atoms with Crippen LogP contribution in [0.5, 0.6) is 0 Å². The third-order valence-corrected chi connectivity index (χ3v) is 7.28. The van der Waals surface area contributed by atoms with E-state index in [2.05, 4.69) is 79.9 Å². The van der Waals surface area contributed by atoms with Crippen LogP contribution in [0.2, 0.25) is 0 Å². The fourth-order valence-electron chi connectivity index (χ4n) is 5.61. The van der Waals surface area contributed by atoms with E-state index in [1.54, 1.807) is 0 Å². The van der Waals surface area contributed by atoms with Crippen LogP contribution in [0, 0.1) is 0 Å². The van der Waals surface area contributed by atoms with E-state index >= 15 is 0 Å². The van der Waals surface area contributed by atoms with Gasteiger partial charge in [0.2, 0.25) is 0 Å². The van der Waals surface area contributed by atoms with Crippen LogP contribution in [-0.4, -0.2) is 36.2 Å². The molecule has 0 unspecified atom stereocenters. The number of fused-ring (bicyclic) bond motifs is 3. The molecule has 0 saturated heterocycles. The molecule has 2 aromatic carbocycles. The quantitative estimate of drug-likeness (QED) is 0.489. The predicted molar refractivity (Wildman–Crippen MR) is 125 cm³/mol. The molecule has 1 atom stereocenters. The number of H-pyrrole nitrogens is 1. The highest BCUT2D eigenvalue weighted by molar-refractivity contribution is 5.86. The number of hydrogen-bond acceptors (Lipinski definition) is 5. The van der Waals surface area contributed by atoms with E-state index in [1.165, 1.54) is 33.7 Å². The highest BCUT2D eigenvalue weighted by Gasteiger charge is 2.29. The smallest absolute Gasteiger partial charge is 0.151 e.